The molecule has 0 spiro atoms. The van der Waals surface area contributed by atoms with Crippen LogP contribution in [0.15, 0.2) is 72.1 Å². The number of anilines is 1. The Morgan fingerprint density at radius 1 is 1.12 bits per heavy atom. The zero-order valence-electron chi connectivity index (χ0n) is 14.2. The molecule has 1 N–H and O–H groups in total. The molecule has 130 valence electrons. The molecule has 1 heterocycles. The fourth-order valence-corrected chi connectivity index (χ4v) is 3.98. The molecule has 0 saturated carbocycles. The lowest BCUT2D eigenvalue weighted by molar-refractivity contribution is 0.624. The monoisotopic (exact) mass is 371 g/mol. The van der Waals surface area contributed by atoms with Gasteiger partial charge in [0.1, 0.15) is 0 Å². The molecule has 0 radical (unpaired) electrons. The fourth-order valence-electron chi connectivity index (χ4n) is 2.69. The molecular weight excluding hydrogens is 350 g/mol. The Balaban J connectivity index is 1.66. The summed E-state index contributed by atoms with van der Waals surface area (Å²) in [6.45, 7) is 0.950. The van der Waals surface area contributed by atoms with Crippen molar-refractivity contribution in [2.75, 3.05) is 12.4 Å². The molecule has 1 atom stereocenters. The van der Waals surface area contributed by atoms with Crippen LogP contribution in [0.25, 0.3) is 0 Å². The first kappa shape index (κ1) is 17.9. The Hall–Kier alpha value is -1.91. The van der Waals surface area contributed by atoms with E-state index < -0.39 is 0 Å². The lowest BCUT2D eigenvalue weighted by Gasteiger charge is -2.17. The minimum absolute atomic E-state index is 0.477. The molecule has 1 unspecified atom stereocenters. The molecule has 1 aromatic heterocycles. The predicted octanol–water partition coefficient (Wildman–Crippen LogP) is 5.37. The highest BCUT2D eigenvalue weighted by Crippen LogP contribution is 2.29. The summed E-state index contributed by atoms with van der Waals surface area (Å²) in [7, 11) is 1.94. The van der Waals surface area contributed by atoms with Gasteiger partial charge >= 0.3 is 0 Å². The average Bonchev–Trinajstić information content (AvgIpc) is 3.15. The lowest BCUT2D eigenvalue weighted by atomic mass is 10.1. The van der Waals surface area contributed by atoms with Gasteiger partial charge in [0, 0.05) is 46.8 Å². The SMILES string of the molecule is CNc1ccc(SC(CCc2ccc(Cl)cc2)Cn2ccnc2)cc1. The number of benzene rings is 2. The number of thioether (sulfide) groups is 1. The van der Waals surface area contributed by atoms with Crippen LogP contribution in [0.5, 0.6) is 0 Å². The van der Waals surface area contributed by atoms with Crippen LogP contribution >= 0.6 is 23.4 Å². The Labute approximate surface area is 158 Å². The van der Waals surface area contributed by atoms with Crippen LogP contribution < -0.4 is 5.32 Å². The van der Waals surface area contributed by atoms with Crippen molar-refractivity contribution in [1.82, 2.24) is 9.55 Å². The molecule has 3 nitrogen and oxygen atoms in total. The van der Waals surface area contributed by atoms with Crippen molar-refractivity contribution < 1.29 is 0 Å². The molecule has 0 amide bonds. The zero-order valence-corrected chi connectivity index (χ0v) is 15.8. The molecule has 3 aromatic rings. The van der Waals surface area contributed by atoms with Gasteiger partial charge in [-0.05, 0) is 54.8 Å². The van der Waals surface area contributed by atoms with Gasteiger partial charge in [0.25, 0.3) is 0 Å². The molecular formula is C20H22ClN3S. The maximum absolute atomic E-state index is 5.98. The van der Waals surface area contributed by atoms with E-state index in [2.05, 4.69) is 51.3 Å². The molecule has 3 rings (SSSR count). The van der Waals surface area contributed by atoms with Crippen molar-refractivity contribution in [1.29, 1.82) is 0 Å². The summed E-state index contributed by atoms with van der Waals surface area (Å²) in [6, 6.07) is 16.8. The van der Waals surface area contributed by atoms with Crippen LogP contribution in [-0.2, 0) is 13.0 Å². The minimum atomic E-state index is 0.477. The fraction of sp³-hybridized carbons (Fsp3) is 0.250. The first-order valence-corrected chi connectivity index (χ1v) is 9.63. The lowest BCUT2D eigenvalue weighted by Crippen LogP contribution is -2.13. The molecule has 2 aromatic carbocycles. The summed E-state index contributed by atoms with van der Waals surface area (Å²) in [4.78, 5) is 5.46. The Bertz CT molecular complexity index is 755. The third-order valence-electron chi connectivity index (χ3n) is 4.09. The van der Waals surface area contributed by atoms with Crippen molar-refractivity contribution in [3.05, 3.63) is 77.8 Å². The van der Waals surface area contributed by atoms with E-state index in [1.165, 1.54) is 10.5 Å². The summed E-state index contributed by atoms with van der Waals surface area (Å²) in [5, 5.41) is 4.43. The van der Waals surface area contributed by atoms with Gasteiger partial charge in [0.2, 0.25) is 0 Å². The van der Waals surface area contributed by atoms with Crippen LogP contribution in [0.1, 0.15) is 12.0 Å². The Morgan fingerprint density at radius 2 is 1.88 bits per heavy atom. The highest BCUT2D eigenvalue weighted by molar-refractivity contribution is 8.00. The number of nitrogens with zero attached hydrogens (tertiary/aromatic N) is 2. The van der Waals surface area contributed by atoms with E-state index in [9.17, 15) is 0 Å². The van der Waals surface area contributed by atoms with Crippen LogP contribution in [0, 0.1) is 0 Å². The quantitative estimate of drug-likeness (QED) is 0.539. The number of aromatic nitrogens is 2. The number of nitrogens with one attached hydrogen (secondary N) is 1. The highest BCUT2D eigenvalue weighted by atomic mass is 35.5. The summed E-state index contributed by atoms with van der Waals surface area (Å²) in [5.41, 5.74) is 2.46. The van der Waals surface area contributed by atoms with E-state index in [-0.39, 0.29) is 0 Å². The van der Waals surface area contributed by atoms with Gasteiger partial charge in [-0.25, -0.2) is 4.98 Å². The van der Waals surface area contributed by atoms with Gasteiger partial charge in [-0.1, -0.05) is 23.7 Å². The molecule has 5 heteroatoms. The minimum Gasteiger partial charge on any atom is -0.388 e. The first-order chi connectivity index (χ1) is 12.2. The number of hydrogen-bond donors (Lipinski definition) is 1. The highest BCUT2D eigenvalue weighted by Gasteiger charge is 2.12. The van der Waals surface area contributed by atoms with Crippen molar-refractivity contribution in [2.24, 2.45) is 0 Å². The topological polar surface area (TPSA) is 29.9 Å². The molecule has 0 aliphatic rings. The normalized spacial score (nSPS) is 12.1. The molecule has 0 bridgehead atoms. The zero-order chi connectivity index (χ0) is 17.5. The van der Waals surface area contributed by atoms with Crippen molar-refractivity contribution in [3.63, 3.8) is 0 Å². The van der Waals surface area contributed by atoms with Gasteiger partial charge in [-0.3, -0.25) is 0 Å². The summed E-state index contributed by atoms with van der Waals surface area (Å²) in [6.07, 6.45) is 7.89. The van der Waals surface area contributed by atoms with Gasteiger partial charge in [0.05, 0.1) is 6.33 Å². The number of aryl methyl sites for hydroxylation is 1. The first-order valence-electron chi connectivity index (χ1n) is 8.37. The number of hydrogen-bond acceptors (Lipinski definition) is 3. The standard InChI is InChI=1S/C20H22ClN3S/c1-22-18-7-10-19(11-8-18)25-20(14-24-13-12-23-15-24)9-4-16-2-5-17(21)6-3-16/h2-3,5-8,10-13,15,20,22H,4,9,14H2,1H3. The van der Waals surface area contributed by atoms with Crippen molar-refractivity contribution in [2.45, 2.75) is 29.5 Å². The number of imidazole rings is 1. The Morgan fingerprint density at radius 3 is 2.52 bits per heavy atom. The largest absolute Gasteiger partial charge is 0.388 e. The van der Waals surface area contributed by atoms with Gasteiger partial charge in [-0.2, -0.15) is 0 Å². The van der Waals surface area contributed by atoms with E-state index in [0.29, 0.717) is 5.25 Å². The van der Waals surface area contributed by atoms with Crippen LogP contribution in [0.2, 0.25) is 5.02 Å². The third-order valence-corrected chi connectivity index (χ3v) is 5.60. The Kier molecular flexibility index (Phi) is 6.42. The maximum Gasteiger partial charge on any atom is 0.0946 e. The second-order valence-electron chi connectivity index (χ2n) is 5.94. The van der Waals surface area contributed by atoms with Crippen LogP contribution in [0.3, 0.4) is 0 Å². The number of rotatable bonds is 8. The molecule has 0 aliphatic heterocycles. The van der Waals surface area contributed by atoms with Crippen molar-refractivity contribution >= 4 is 29.1 Å². The van der Waals surface area contributed by atoms with Crippen LogP contribution in [-0.4, -0.2) is 21.8 Å². The van der Waals surface area contributed by atoms with Crippen LogP contribution in [0.4, 0.5) is 5.69 Å². The van der Waals surface area contributed by atoms with E-state index in [1.54, 1.807) is 0 Å². The number of halogens is 1. The average molecular weight is 372 g/mol. The summed E-state index contributed by atoms with van der Waals surface area (Å²) >= 11 is 7.91. The molecule has 25 heavy (non-hydrogen) atoms. The van der Waals surface area contributed by atoms with E-state index >= 15 is 0 Å². The van der Waals surface area contributed by atoms with E-state index in [4.69, 9.17) is 11.6 Å². The molecule has 0 saturated heterocycles. The molecule has 0 aliphatic carbocycles. The smallest absolute Gasteiger partial charge is 0.0946 e. The van der Waals surface area contributed by atoms with Gasteiger partial charge in [0.15, 0.2) is 0 Å². The van der Waals surface area contributed by atoms with Crippen molar-refractivity contribution in [3.8, 4) is 0 Å². The third kappa shape index (κ3) is 5.55. The van der Waals surface area contributed by atoms with E-state index in [1.807, 2.05) is 49.7 Å². The van der Waals surface area contributed by atoms with E-state index in [0.717, 1.165) is 30.1 Å². The second kappa shape index (κ2) is 8.97. The molecule has 0 fully saturated rings. The summed E-state index contributed by atoms with van der Waals surface area (Å²) < 4.78 is 2.15. The summed E-state index contributed by atoms with van der Waals surface area (Å²) in [5.74, 6) is 0. The van der Waals surface area contributed by atoms with Gasteiger partial charge < -0.3 is 9.88 Å². The maximum atomic E-state index is 5.98. The second-order valence-corrected chi connectivity index (χ2v) is 7.75. The van der Waals surface area contributed by atoms with Gasteiger partial charge in [-0.15, -0.1) is 11.8 Å². The predicted molar refractivity (Wildman–Crippen MR) is 108 cm³/mol.